The van der Waals surface area contributed by atoms with E-state index >= 15 is 0 Å². The van der Waals surface area contributed by atoms with Crippen LogP contribution in [-0.2, 0) is 6.54 Å². The molecule has 0 spiro atoms. The fourth-order valence-electron chi connectivity index (χ4n) is 5.88. The minimum atomic E-state index is -0.381. The Kier molecular flexibility index (Phi) is 7.70. The Labute approximate surface area is 219 Å². The summed E-state index contributed by atoms with van der Waals surface area (Å²) in [5, 5.41) is 4.26. The minimum absolute atomic E-state index is 0.0281. The number of fused-ring (bicyclic) bond motifs is 1. The molecule has 7 heteroatoms. The number of urea groups is 1. The summed E-state index contributed by atoms with van der Waals surface area (Å²) in [5.41, 5.74) is 9.81. The lowest BCUT2D eigenvalue weighted by molar-refractivity contribution is 0.0918. The summed E-state index contributed by atoms with van der Waals surface area (Å²) >= 11 is 0. The van der Waals surface area contributed by atoms with E-state index in [0.29, 0.717) is 44.2 Å². The van der Waals surface area contributed by atoms with E-state index in [-0.39, 0.29) is 18.0 Å². The van der Waals surface area contributed by atoms with Gasteiger partial charge < -0.3 is 16.0 Å². The first kappa shape index (κ1) is 25.2. The molecule has 2 fully saturated rings. The first-order valence-electron chi connectivity index (χ1n) is 13.6. The van der Waals surface area contributed by atoms with Gasteiger partial charge in [0.2, 0.25) is 0 Å². The lowest BCUT2D eigenvalue weighted by Gasteiger charge is -2.34. The van der Waals surface area contributed by atoms with E-state index in [1.54, 1.807) is 4.90 Å². The average molecular weight is 500 g/mol. The van der Waals surface area contributed by atoms with Crippen LogP contribution < -0.4 is 11.1 Å². The number of amides is 3. The predicted molar refractivity (Wildman–Crippen MR) is 147 cm³/mol. The molecule has 3 N–H and O–H groups in total. The van der Waals surface area contributed by atoms with Gasteiger partial charge in [-0.05, 0) is 31.7 Å². The maximum absolute atomic E-state index is 14.1. The maximum atomic E-state index is 14.1. The SMILES string of the molecule is C[C@H](NC(=O)c1c(CN2CCN(C(N)=O)CC2)c(-c2ccccc2)nc2ccccc12)C1CCCCC1. The largest absolute Gasteiger partial charge is 0.351 e. The lowest BCUT2D eigenvalue weighted by atomic mass is 9.84. The highest BCUT2D eigenvalue weighted by atomic mass is 16.2. The maximum Gasteiger partial charge on any atom is 0.314 e. The van der Waals surface area contributed by atoms with Gasteiger partial charge in [0.1, 0.15) is 0 Å². The van der Waals surface area contributed by atoms with Crippen molar-refractivity contribution < 1.29 is 9.59 Å². The van der Waals surface area contributed by atoms with Gasteiger partial charge in [0.15, 0.2) is 0 Å². The van der Waals surface area contributed by atoms with E-state index in [4.69, 9.17) is 10.7 Å². The Morgan fingerprint density at radius 3 is 2.35 bits per heavy atom. The van der Waals surface area contributed by atoms with E-state index < -0.39 is 0 Å². The normalized spacial score (nSPS) is 18.0. The molecule has 2 aliphatic rings. The standard InChI is InChI=1S/C30H37N5O2/c1-21(22-10-4-2-5-11-22)32-29(36)27-24-14-8-9-15-26(24)33-28(23-12-6-3-7-13-23)25(27)20-34-16-18-35(19-17-34)30(31)37/h3,6-9,12-15,21-22H,2,4-5,10-11,16-20H2,1H3,(H2,31,37)(H,32,36)/t21-/m0/s1. The molecule has 1 aliphatic carbocycles. The third-order valence-electron chi connectivity index (χ3n) is 8.05. The Balaban J connectivity index is 1.55. The Hall–Kier alpha value is -3.45. The lowest BCUT2D eigenvalue weighted by Crippen LogP contribution is -2.50. The van der Waals surface area contributed by atoms with Gasteiger partial charge in [-0.15, -0.1) is 0 Å². The molecule has 5 rings (SSSR count). The van der Waals surface area contributed by atoms with E-state index in [2.05, 4.69) is 29.3 Å². The Morgan fingerprint density at radius 2 is 1.65 bits per heavy atom. The summed E-state index contributed by atoms with van der Waals surface area (Å²) < 4.78 is 0. The number of primary amides is 1. The van der Waals surface area contributed by atoms with Crippen molar-refractivity contribution in [2.75, 3.05) is 26.2 Å². The Bertz CT molecular complexity index is 1250. The van der Waals surface area contributed by atoms with Gasteiger partial charge in [0.25, 0.3) is 5.91 Å². The van der Waals surface area contributed by atoms with Gasteiger partial charge in [-0.25, -0.2) is 9.78 Å². The van der Waals surface area contributed by atoms with Crippen LogP contribution in [0.3, 0.4) is 0 Å². The van der Waals surface area contributed by atoms with Crippen LogP contribution in [0.2, 0.25) is 0 Å². The fraction of sp³-hybridized carbons (Fsp3) is 0.433. The van der Waals surface area contributed by atoms with Crippen molar-refractivity contribution in [2.24, 2.45) is 11.7 Å². The number of rotatable bonds is 6. The first-order chi connectivity index (χ1) is 18.0. The van der Waals surface area contributed by atoms with Crippen molar-refractivity contribution in [1.82, 2.24) is 20.1 Å². The van der Waals surface area contributed by atoms with E-state index in [0.717, 1.165) is 27.7 Å². The number of carbonyl (C=O) groups is 2. The molecule has 1 saturated carbocycles. The first-order valence-corrected chi connectivity index (χ1v) is 13.6. The zero-order valence-corrected chi connectivity index (χ0v) is 21.7. The van der Waals surface area contributed by atoms with Crippen LogP contribution in [0.1, 0.15) is 54.9 Å². The van der Waals surface area contributed by atoms with Crippen LogP contribution in [0.5, 0.6) is 0 Å². The van der Waals surface area contributed by atoms with Crippen molar-refractivity contribution in [2.45, 2.75) is 51.6 Å². The molecule has 3 amide bonds. The Morgan fingerprint density at radius 1 is 0.973 bits per heavy atom. The molecule has 0 radical (unpaired) electrons. The van der Waals surface area contributed by atoms with Crippen molar-refractivity contribution in [3.05, 3.63) is 65.7 Å². The molecule has 194 valence electrons. The molecule has 37 heavy (non-hydrogen) atoms. The third kappa shape index (κ3) is 5.62. The molecule has 7 nitrogen and oxygen atoms in total. The highest BCUT2D eigenvalue weighted by Gasteiger charge is 2.28. The molecule has 2 aromatic carbocycles. The molecular formula is C30H37N5O2. The fourth-order valence-corrected chi connectivity index (χ4v) is 5.88. The molecule has 3 aromatic rings. The van der Waals surface area contributed by atoms with Gasteiger partial charge in [-0.1, -0.05) is 67.8 Å². The predicted octanol–water partition coefficient (Wildman–Crippen LogP) is 4.80. The van der Waals surface area contributed by atoms with Crippen LogP contribution in [0.4, 0.5) is 4.79 Å². The van der Waals surface area contributed by atoms with Crippen LogP contribution >= 0.6 is 0 Å². The third-order valence-corrected chi connectivity index (χ3v) is 8.05. The van der Waals surface area contributed by atoms with Crippen LogP contribution in [0.25, 0.3) is 22.2 Å². The van der Waals surface area contributed by atoms with Gasteiger partial charge in [-0.3, -0.25) is 9.69 Å². The van der Waals surface area contributed by atoms with Crippen LogP contribution in [0, 0.1) is 5.92 Å². The monoisotopic (exact) mass is 499 g/mol. The number of carbonyl (C=O) groups excluding carboxylic acids is 2. The summed E-state index contributed by atoms with van der Waals surface area (Å²) in [6.07, 6.45) is 6.11. The van der Waals surface area contributed by atoms with Crippen molar-refractivity contribution in [1.29, 1.82) is 0 Å². The molecule has 1 aliphatic heterocycles. The summed E-state index contributed by atoms with van der Waals surface area (Å²) in [4.78, 5) is 34.8. The summed E-state index contributed by atoms with van der Waals surface area (Å²) in [5.74, 6) is 0.490. The second kappa shape index (κ2) is 11.3. The molecule has 1 saturated heterocycles. The number of nitrogens with one attached hydrogen (secondary N) is 1. The van der Waals surface area contributed by atoms with Crippen molar-refractivity contribution in [3.8, 4) is 11.3 Å². The van der Waals surface area contributed by atoms with Crippen LogP contribution in [-0.4, -0.2) is 58.9 Å². The molecule has 0 bridgehead atoms. The van der Waals surface area contributed by atoms with E-state index in [9.17, 15) is 9.59 Å². The summed E-state index contributed by atoms with van der Waals surface area (Å²) in [6, 6.07) is 17.8. The second-order valence-corrected chi connectivity index (χ2v) is 10.5. The molecule has 1 aromatic heterocycles. The number of piperazine rings is 1. The number of hydrogen-bond acceptors (Lipinski definition) is 4. The van der Waals surface area contributed by atoms with Gasteiger partial charge in [0.05, 0.1) is 16.8 Å². The number of pyridine rings is 1. The van der Waals surface area contributed by atoms with E-state index in [1.807, 2.05) is 42.5 Å². The smallest absolute Gasteiger partial charge is 0.314 e. The van der Waals surface area contributed by atoms with Crippen molar-refractivity contribution in [3.63, 3.8) is 0 Å². The number of benzene rings is 2. The zero-order chi connectivity index (χ0) is 25.8. The summed E-state index contributed by atoms with van der Waals surface area (Å²) in [7, 11) is 0. The average Bonchev–Trinajstić information content (AvgIpc) is 2.93. The topological polar surface area (TPSA) is 91.6 Å². The van der Waals surface area contributed by atoms with Gasteiger partial charge in [-0.2, -0.15) is 0 Å². The summed E-state index contributed by atoms with van der Waals surface area (Å²) in [6.45, 7) is 5.29. The number of hydrogen-bond donors (Lipinski definition) is 2. The minimum Gasteiger partial charge on any atom is -0.351 e. The zero-order valence-electron chi connectivity index (χ0n) is 21.7. The number of nitrogens with two attached hydrogens (primary N) is 1. The highest BCUT2D eigenvalue weighted by Crippen LogP contribution is 2.32. The molecular weight excluding hydrogens is 462 g/mol. The number of aromatic nitrogens is 1. The van der Waals surface area contributed by atoms with Gasteiger partial charge in [0, 0.05) is 55.3 Å². The molecule has 1 atom stereocenters. The van der Waals surface area contributed by atoms with Crippen molar-refractivity contribution >= 4 is 22.8 Å². The number of nitrogens with zero attached hydrogens (tertiary/aromatic N) is 3. The van der Waals surface area contributed by atoms with E-state index in [1.165, 1.54) is 32.1 Å². The molecule has 0 unspecified atom stereocenters. The second-order valence-electron chi connectivity index (χ2n) is 10.5. The quantitative estimate of drug-likeness (QED) is 0.510. The molecule has 2 heterocycles. The van der Waals surface area contributed by atoms with Crippen LogP contribution in [0.15, 0.2) is 54.6 Å². The highest BCUT2D eigenvalue weighted by molar-refractivity contribution is 6.09. The number of para-hydroxylation sites is 1. The van der Waals surface area contributed by atoms with Gasteiger partial charge >= 0.3 is 6.03 Å².